The standard InChI is InChI=1S/C9H12N2O2S/c1-5(2)14-8-4-7(9(12)13)10-6(3)11-8/h4-5H,1-3H3,(H,12,13). The van der Waals surface area contributed by atoms with Crippen LogP contribution in [-0.4, -0.2) is 26.3 Å². The van der Waals surface area contributed by atoms with Crippen LogP contribution in [0.2, 0.25) is 0 Å². The number of hydrogen-bond acceptors (Lipinski definition) is 4. The predicted octanol–water partition coefficient (Wildman–Crippen LogP) is 1.98. The molecule has 1 rings (SSSR count). The lowest BCUT2D eigenvalue weighted by molar-refractivity contribution is 0.0689. The molecule has 0 radical (unpaired) electrons. The number of aromatic nitrogens is 2. The van der Waals surface area contributed by atoms with Crippen LogP contribution in [0, 0.1) is 6.92 Å². The smallest absolute Gasteiger partial charge is 0.354 e. The molecule has 1 aromatic heterocycles. The largest absolute Gasteiger partial charge is 0.477 e. The molecule has 1 aromatic rings. The second-order valence-corrected chi connectivity index (χ2v) is 4.71. The Morgan fingerprint density at radius 1 is 1.50 bits per heavy atom. The molecule has 0 aliphatic rings. The van der Waals surface area contributed by atoms with Gasteiger partial charge in [0, 0.05) is 11.3 Å². The zero-order chi connectivity index (χ0) is 10.7. The quantitative estimate of drug-likeness (QED) is 0.613. The van der Waals surface area contributed by atoms with E-state index in [0.29, 0.717) is 16.1 Å². The van der Waals surface area contributed by atoms with Crippen molar-refractivity contribution < 1.29 is 9.90 Å². The number of hydrogen-bond donors (Lipinski definition) is 1. The van der Waals surface area contributed by atoms with Crippen LogP contribution >= 0.6 is 11.8 Å². The zero-order valence-corrected chi connectivity index (χ0v) is 9.13. The minimum Gasteiger partial charge on any atom is -0.477 e. The van der Waals surface area contributed by atoms with Crippen molar-refractivity contribution in [3.63, 3.8) is 0 Å². The van der Waals surface area contributed by atoms with Crippen LogP contribution in [0.25, 0.3) is 0 Å². The van der Waals surface area contributed by atoms with Gasteiger partial charge in [-0.1, -0.05) is 13.8 Å². The van der Waals surface area contributed by atoms with Crippen molar-refractivity contribution in [2.75, 3.05) is 0 Å². The number of carbonyl (C=O) groups is 1. The second-order valence-electron chi connectivity index (χ2n) is 3.11. The predicted molar refractivity (Wildman–Crippen MR) is 54.7 cm³/mol. The lowest BCUT2D eigenvalue weighted by Gasteiger charge is -2.05. The van der Waals surface area contributed by atoms with Crippen molar-refractivity contribution in [3.05, 3.63) is 17.6 Å². The van der Waals surface area contributed by atoms with Crippen LogP contribution in [-0.2, 0) is 0 Å². The monoisotopic (exact) mass is 212 g/mol. The second kappa shape index (κ2) is 4.41. The first-order chi connectivity index (χ1) is 6.49. The van der Waals surface area contributed by atoms with E-state index < -0.39 is 5.97 Å². The SMILES string of the molecule is Cc1nc(SC(C)C)cc(C(=O)O)n1. The molecular weight excluding hydrogens is 200 g/mol. The van der Waals surface area contributed by atoms with Gasteiger partial charge in [0.25, 0.3) is 0 Å². The first kappa shape index (κ1) is 11.0. The van der Waals surface area contributed by atoms with E-state index in [1.54, 1.807) is 6.92 Å². The molecule has 1 N–H and O–H groups in total. The average Bonchev–Trinajstić information content (AvgIpc) is 2.01. The van der Waals surface area contributed by atoms with Crippen molar-refractivity contribution in [1.29, 1.82) is 0 Å². The number of aryl methyl sites for hydroxylation is 1. The third-order valence-corrected chi connectivity index (χ3v) is 2.31. The van der Waals surface area contributed by atoms with E-state index in [4.69, 9.17) is 5.11 Å². The van der Waals surface area contributed by atoms with E-state index in [1.165, 1.54) is 17.8 Å². The number of aromatic carboxylic acids is 1. The van der Waals surface area contributed by atoms with Crippen molar-refractivity contribution in [2.24, 2.45) is 0 Å². The molecule has 0 amide bonds. The van der Waals surface area contributed by atoms with Crippen LogP contribution in [0.4, 0.5) is 0 Å². The topological polar surface area (TPSA) is 63.1 Å². The Balaban J connectivity index is 3.01. The summed E-state index contributed by atoms with van der Waals surface area (Å²) in [4.78, 5) is 18.7. The highest BCUT2D eigenvalue weighted by Gasteiger charge is 2.09. The Morgan fingerprint density at radius 3 is 2.64 bits per heavy atom. The molecule has 1 heterocycles. The molecule has 0 fully saturated rings. The van der Waals surface area contributed by atoms with Gasteiger partial charge in [0.2, 0.25) is 0 Å². The maximum atomic E-state index is 10.7. The highest BCUT2D eigenvalue weighted by molar-refractivity contribution is 7.99. The molecule has 0 saturated heterocycles. The van der Waals surface area contributed by atoms with Gasteiger partial charge >= 0.3 is 5.97 Å². The maximum Gasteiger partial charge on any atom is 0.354 e. The number of carboxylic acids is 1. The molecule has 76 valence electrons. The number of carboxylic acid groups (broad SMARTS) is 1. The molecule has 0 aromatic carbocycles. The Bertz CT molecular complexity index is 353. The fraction of sp³-hybridized carbons (Fsp3) is 0.444. The third-order valence-electron chi connectivity index (χ3n) is 1.39. The molecule has 0 saturated carbocycles. The van der Waals surface area contributed by atoms with Gasteiger partial charge in [0.1, 0.15) is 10.9 Å². The lowest BCUT2D eigenvalue weighted by atomic mass is 10.4. The Morgan fingerprint density at radius 2 is 2.14 bits per heavy atom. The van der Waals surface area contributed by atoms with Gasteiger partial charge in [-0.05, 0) is 6.92 Å². The van der Waals surface area contributed by atoms with Gasteiger partial charge < -0.3 is 5.11 Å². The molecule has 0 atom stereocenters. The normalized spacial score (nSPS) is 10.6. The van der Waals surface area contributed by atoms with E-state index in [9.17, 15) is 4.79 Å². The van der Waals surface area contributed by atoms with Crippen molar-refractivity contribution in [3.8, 4) is 0 Å². The van der Waals surface area contributed by atoms with Gasteiger partial charge in [-0.3, -0.25) is 0 Å². The van der Waals surface area contributed by atoms with Crippen LogP contribution in [0.15, 0.2) is 11.1 Å². The highest BCUT2D eigenvalue weighted by Crippen LogP contribution is 2.21. The maximum absolute atomic E-state index is 10.7. The first-order valence-corrected chi connectivity index (χ1v) is 5.12. The summed E-state index contributed by atoms with van der Waals surface area (Å²) in [6, 6.07) is 1.50. The summed E-state index contributed by atoms with van der Waals surface area (Å²) in [6.07, 6.45) is 0. The van der Waals surface area contributed by atoms with Crippen LogP contribution in [0.1, 0.15) is 30.2 Å². The minimum absolute atomic E-state index is 0.0562. The Kier molecular flexibility index (Phi) is 3.46. The fourth-order valence-electron chi connectivity index (χ4n) is 0.952. The van der Waals surface area contributed by atoms with Crippen molar-refractivity contribution >= 4 is 17.7 Å². The number of thioether (sulfide) groups is 1. The van der Waals surface area contributed by atoms with Gasteiger partial charge in [-0.2, -0.15) is 0 Å². The third kappa shape index (κ3) is 2.99. The van der Waals surface area contributed by atoms with E-state index in [2.05, 4.69) is 9.97 Å². The van der Waals surface area contributed by atoms with Gasteiger partial charge in [-0.25, -0.2) is 14.8 Å². The van der Waals surface area contributed by atoms with E-state index >= 15 is 0 Å². The average molecular weight is 212 g/mol. The molecule has 0 aliphatic heterocycles. The zero-order valence-electron chi connectivity index (χ0n) is 8.31. The summed E-state index contributed by atoms with van der Waals surface area (Å²) in [6.45, 7) is 5.75. The van der Waals surface area contributed by atoms with Crippen LogP contribution in [0.5, 0.6) is 0 Å². The summed E-state index contributed by atoms with van der Waals surface area (Å²) in [5.74, 6) is -0.519. The van der Waals surface area contributed by atoms with Crippen molar-refractivity contribution in [1.82, 2.24) is 9.97 Å². The number of rotatable bonds is 3. The highest BCUT2D eigenvalue weighted by atomic mass is 32.2. The van der Waals surface area contributed by atoms with E-state index in [-0.39, 0.29) is 5.69 Å². The van der Waals surface area contributed by atoms with Crippen LogP contribution in [0.3, 0.4) is 0 Å². The summed E-state index contributed by atoms with van der Waals surface area (Å²) >= 11 is 1.53. The molecule has 0 spiro atoms. The summed E-state index contributed by atoms with van der Waals surface area (Å²) < 4.78 is 0. The summed E-state index contributed by atoms with van der Waals surface area (Å²) in [5, 5.41) is 9.86. The molecule has 4 nitrogen and oxygen atoms in total. The number of nitrogens with zero attached hydrogens (tertiary/aromatic N) is 2. The summed E-state index contributed by atoms with van der Waals surface area (Å²) in [5.41, 5.74) is 0.0562. The minimum atomic E-state index is -1.01. The fourth-order valence-corrected chi connectivity index (χ4v) is 1.80. The molecule has 14 heavy (non-hydrogen) atoms. The lowest BCUT2D eigenvalue weighted by Crippen LogP contribution is -2.04. The van der Waals surface area contributed by atoms with Crippen molar-refractivity contribution in [2.45, 2.75) is 31.0 Å². The Hall–Kier alpha value is -1.10. The molecule has 0 unspecified atom stereocenters. The van der Waals surface area contributed by atoms with Gasteiger partial charge in [0.05, 0.1) is 0 Å². The van der Waals surface area contributed by atoms with Crippen LogP contribution < -0.4 is 0 Å². The molecule has 5 heteroatoms. The molecule has 0 bridgehead atoms. The first-order valence-electron chi connectivity index (χ1n) is 4.24. The summed E-state index contributed by atoms with van der Waals surface area (Å²) in [7, 11) is 0. The van der Waals surface area contributed by atoms with Gasteiger partial charge in [0.15, 0.2) is 5.69 Å². The Labute approximate surface area is 86.8 Å². The molecular formula is C9H12N2O2S. The van der Waals surface area contributed by atoms with E-state index in [0.717, 1.165) is 0 Å². The molecule has 0 aliphatic carbocycles. The van der Waals surface area contributed by atoms with E-state index in [1.807, 2.05) is 13.8 Å². The van der Waals surface area contributed by atoms with Gasteiger partial charge in [-0.15, -0.1) is 11.8 Å².